The second kappa shape index (κ2) is 12.8. The zero-order valence-electron chi connectivity index (χ0n) is 6.94. The topological polar surface area (TPSA) is 241 Å². The van der Waals surface area contributed by atoms with E-state index in [4.69, 9.17) is 42.9 Å². The van der Waals surface area contributed by atoms with Crippen LogP contribution in [0.1, 0.15) is 0 Å². The van der Waals surface area contributed by atoms with Gasteiger partial charge >= 0.3 is 131 Å². The fourth-order valence-electron chi connectivity index (χ4n) is 0. The molecule has 0 unspecified atom stereocenters. The number of hydrogen-bond acceptors (Lipinski definition) is 12. The summed E-state index contributed by atoms with van der Waals surface area (Å²) in [5.74, 6) is 0. The van der Waals surface area contributed by atoms with Crippen molar-refractivity contribution >= 4 is 0 Å². The van der Waals surface area contributed by atoms with Gasteiger partial charge in [-0.2, -0.15) is 0 Å². The van der Waals surface area contributed by atoms with Crippen LogP contribution >= 0.6 is 0 Å². The SMILES string of the molecule is [Ni+2].[O]=[Mo](=[O])([O-])[O-].[O]=[Mo](=[O])([O-])[O-].[O]=[Mo](=[O])([O-])[O-].[Ti+4]. The Morgan fingerprint density at radius 2 is 0.471 bits per heavy atom. The van der Waals surface area contributed by atoms with E-state index in [0.29, 0.717) is 0 Å². The maximum absolute atomic E-state index is 8.63. The van der Waals surface area contributed by atoms with Gasteiger partial charge in [0.2, 0.25) is 0 Å². The second-order valence-corrected chi connectivity index (χ2v) is 7.25. The van der Waals surface area contributed by atoms with Crippen LogP contribution in [0.25, 0.3) is 0 Å². The van der Waals surface area contributed by atoms with Crippen LogP contribution in [0.3, 0.4) is 0 Å². The molecule has 0 atom stereocenters. The summed E-state index contributed by atoms with van der Waals surface area (Å²) in [6, 6.07) is 0. The first-order valence-corrected chi connectivity index (χ1v) is 11.8. The van der Waals surface area contributed by atoms with Crippen molar-refractivity contribution in [2.24, 2.45) is 0 Å². The van der Waals surface area contributed by atoms with E-state index < -0.39 is 50.2 Å². The summed E-state index contributed by atoms with van der Waals surface area (Å²) in [7, 11) is 0. The average molecular weight is 586 g/mol. The van der Waals surface area contributed by atoms with Crippen LogP contribution < -0.4 is 22.6 Å². The van der Waals surface area contributed by atoms with Gasteiger partial charge in [0, 0.05) is 0 Å². The Balaban J connectivity index is -0.0000000400. The van der Waals surface area contributed by atoms with Crippen molar-refractivity contribution < 1.29 is 131 Å². The first kappa shape index (κ1) is 31.3. The van der Waals surface area contributed by atoms with Gasteiger partial charge in [0.15, 0.2) is 0 Å². The first-order valence-electron chi connectivity index (χ1n) is 2.00. The minimum absolute atomic E-state index is 0. The molecular formula is Mo3NiO12Ti. The van der Waals surface area contributed by atoms with Gasteiger partial charge in [0.25, 0.3) is 0 Å². The molecule has 17 heavy (non-hydrogen) atoms. The molecule has 0 aromatic rings. The molecule has 0 saturated heterocycles. The second-order valence-electron chi connectivity index (χ2n) is 1.22. The maximum Gasteiger partial charge on any atom is 4.00 e. The third kappa shape index (κ3) is 1330. The molecule has 0 aliphatic carbocycles. The van der Waals surface area contributed by atoms with Crippen LogP contribution in [-0.4, -0.2) is 0 Å². The van der Waals surface area contributed by atoms with Gasteiger partial charge in [-0.15, -0.1) is 0 Å². The largest absolute Gasteiger partial charge is 4.00 e. The summed E-state index contributed by atoms with van der Waals surface area (Å²) < 4.78 is 104. The molecule has 17 heteroatoms. The normalized spacial score (nSPS) is 10.2. The third-order valence-electron chi connectivity index (χ3n) is 0. The van der Waals surface area contributed by atoms with Gasteiger partial charge in [-0.25, -0.2) is 0 Å². The molecule has 0 aliphatic heterocycles. The van der Waals surface area contributed by atoms with Crippen LogP contribution in [0.2, 0.25) is 0 Å². The first-order chi connectivity index (χ1) is 6.00. The van der Waals surface area contributed by atoms with E-state index in [2.05, 4.69) is 0 Å². The Morgan fingerprint density at radius 1 is 0.471 bits per heavy atom. The average Bonchev–Trinajstić information content (AvgIpc) is 1.41. The Morgan fingerprint density at radius 3 is 0.471 bits per heavy atom. The molecule has 12 nitrogen and oxygen atoms in total. The number of hydrogen-bond donors (Lipinski definition) is 0. The molecule has 0 bridgehead atoms. The van der Waals surface area contributed by atoms with E-state index >= 15 is 0 Å². The molecule has 0 rings (SSSR count). The molecule has 0 spiro atoms. The van der Waals surface area contributed by atoms with Crippen LogP contribution in [0, 0.1) is 0 Å². The summed E-state index contributed by atoms with van der Waals surface area (Å²) >= 11 is -18.1. The van der Waals surface area contributed by atoms with E-state index in [1.54, 1.807) is 0 Å². The molecule has 0 aromatic carbocycles. The standard InChI is InChI=1S/3Mo.Ni.12O.Ti/q;;;+2;;;;;;;6*-1;+4. The van der Waals surface area contributed by atoms with Crippen molar-refractivity contribution in [2.45, 2.75) is 0 Å². The molecule has 0 N–H and O–H groups in total. The predicted molar refractivity (Wildman–Crippen MR) is 4.12 cm³/mol. The van der Waals surface area contributed by atoms with E-state index in [1.165, 1.54) is 0 Å². The van der Waals surface area contributed by atoms with Gasteiger partial charge < -0.3 is 0 Å². The molecule has 0 heterocycles. The van der Waals surface area contributed by atoms with Crippen LogP contribution in [0.4, 0.5) is 0 Å². The van der Waals surface area contributed by atoms with Crippen LogP contribution in [-0.2, 0) is 109 Å². The Kier molecular flexibility index (Phi) is 23.7. The molecule has 0 amide bonds. The minimum atomic E-state index is -6.02. The Bertz CT molecular complexity index is 343. The fourth-order valence-corrected chi connectivity index (χ4v) is 0. The predicted octanol–water partition coefficient (Wildman–Crippen LogP) is -7.86. The summed E-state index contributed by atoms with van der Waals surface area (Å²) in [5, 5.41) is 0. The summed E-state index contributed by atoms with van der Waals surface area (Å²) in [5.41, 5.74) is 0. The summed E-state index contributed by atoms with van der Waals surface area (Å²) in [6.45, 7) is 0. The van der Waals surface area contributed by atoms with Crippen LogP contribution in [0.15, 0.2) is 0 Å². The maximum atomic E-state index is 8.63. The van der Waals surface area contributed by atoms with Crippen molar-refractivity contribution in [2.75, 3.05) is 0 Å². The third-order valence-corrected chi connectivity index (χ3v) is 0. The van der Waals surface area contributed by atoms with Gasteiger partial charge in [-0.3, -0.25) is 0 Å². The minimum Gasteiger partial charge on any atom is 4.00 e. The molecule has 104 valence electrons. The molecule has 0 radical (unpaired) electrons. The van der Waals surface area contributed by atoms with Crippen molar-refractivity contribution in [3.63, 3.8) is 0 Å². The van der Waals surface area contributed by atoms with Gasteiger partial charge in [-0.1, -0.05) is 0 Å². The van der Waals surface area contributed by atoms with Gasteiger partial charge in [0.1, 0.15) is 0 Å². The van der Waals surface area contributed by atoms with E-state index in [-0.39, 0.29) is 38.2 Å². The van der Waals surface area contributed by atoms with Crippen LogP contribution in [0.5, 0.6) is 0 Å². The quantitative estimate of drug-likeness (QED) is 0.240. The van der Waals surface area contributed by atoms with E-state index in [9.17, 15) is 0 Å². The zero-order chi connectivity index (χ0) is 13.5. The van der Waals surface area contributed by atoms with Gasteiger partial charge in [0.05, 0.1) is 0 Å². The molecule has 0 aromatic heterocycles. The zero-order valence-corrected chi connectivity index (χ0v) is 15.5. The Hall–Kier alpha value is 1.83. The molecular weight excluding hydrogens is 586 g/mol. The molecule has 0 aliphatic rings. The van der Waals surface area contributed by atoms with Gasteiger partial charge in [-0.05, 0) is 0 Å². The fraction of sp³-hybridized carbons (Fsp3) is 0. The van der Waals surface area contributed by atoms with E-state index in [1.807, 2.05) is 0 Å². The Labute approximate surface area is 130 Å². The van der Waals surface area contributed by atoms with E-state index in [0.717, 1.165) is 0 Å². The summed E-state index contributed by atoms with van der Waals surface area (Å²) in [6.07, 6.45) is 0. The van der Waals surface area contributed by atoms with Crippen molar-refractivity contribution in [3.05, 3.63) is 0 Å². The monoisotopic (exact) mass is 592 g/mol. The smallest absolute Gasteiger partial charge is 4.00 e. The van der Waals surface area contributed by atoms with Crippen molar-refractivity contribution in [3.8, 4) is 0 Å². The summed E-state index contributed by atoms with van der Waals surface area (Å²) in [4.78, 5) is 0. The number of rotatable bonds is 0. The molecule has 0 saturated carbocycles. The molecule has 0 fully saturated rings. The van der Waals surface area contributed by atoms with Crippen molar-refractivity contribution in [1.82, 2.24) is 0 Å². The van der Waals surface area contributed by atoms with Crippen molar-refractivity contribution in [1.29, 1.82) is 0 Å².